The first kappa shape index (κ1) is 36.5. The normalized spacial score (nSPS) is 15.3. The van der Waals surface area contributed by atoms with Crippen LogP contribution in [-0.4, -0.2) is 6.71 Å². The molecule has 2 aliphatic carbocycles. The predicted molar refractivity (Wildman–Crippen MR) is 286 cm³/mol. The highest BCUT2D eigenvalue weighted by molar-refractivity contribution is 7.28. The largest absolute Gasteiger partial charge is 0.318 e. The standard InChI is InChI=1S/C63H47BN2S/c1-40(2)44-33-35-48(43-20-8-5-9-21-43)52(38-44)42(4)32-34-45-39-65(46-22-10-6-11-23-46)56-36-41(3)37-57-59(56)64(45)62-60(66(57)47-24-12-7-13-25-47)58-51-28-16-19-31-55(51)63(61(58)67-62)53-29-17-14-26-49(53)50-27-15-18-30-54(50)63/h5-40H,4H2,1-3H3/b34-32-/i3D3. The molecule has 318 valence electrons. The van der Waals surface area contributed by atoms with E-state index in [-0.39, 0.29) is 6.71 Å². The third-order valence-electron chi connectivity index (χ3n) is 14.5. The van der Waals surface area contributed by atoms with Crippen molar-refractivity contribution in [1.82, 2.24) is 0 Å². The fourth-order valence-corrected chi connectivity index (χ4v) is 13.3. The fourth-order valence-electron chi connectivity index (χ4n) is 11.6. The van der Waals surface area contributed by atoms with Crippen LogP contribution in [0.3, 0.4) is 0 Å². The minimum absolute atomic E-state index is 0.253. The smallest absolute Gasteiger partial charge is 0.263 e. The van der Waals surface area contributed by atoms with Crippen LogP contribution in [0, 0.1) is 6.85 Å². The lowest BCUT2D eigenvalue weighted by molar-refractivity contribution is 0.811. The molecule has 8 aromatic carbocycles. The molecule has 4 heteroatoms. The highest BCUT2D eigenvalue weighted by atomic mass is 32.1. The molecule has 67 heavy (non-hydrogen) atoms. The third kappa shape index (κ3) is 5.76. The van der Waals surface area contributed by atoms with Crippen molar-refractivity contribution in [2.75, 3.05) is 9.80 Å². The van der Waals surface area contributed by atoms with Crippen molar-refractivity contribution < 1.29 is 4.11 Å². The van der Waals surface area contributed by atoms with Crippen LogP contribution in [-0.2, 0) is 5.41 Å². The van der Waals surface area contributed by atoms with Gasteiger partial charge in [0.25, 0.3) is 6.71 Å². The molecule has 0 unspecified atom stereocenters. The van der Waals surface area contributed by atoms with Crippen LogP contribution in [0.5, 0.6) is 0 Å². The second-order valence-electron chi connectivity index (χ2n) is 18.5. The van der Waals surface area contributed by atoms with Gasteiger partial charge < -0.3 is 9.80 Å². The highest BCUT2D eigenvalue weighted by Gasteiger charge is 2.56. The number of allylic oxidation sites excluding steroid dienone is 4. The minimum Gasteiger partial charge on any atom is -0.318 e. The maximum absolute atomic E-state index is 8.97. The summed E-state index contributed by atoms with van der Waals surface area (Å²) in [6, 6.07) is 69.0. The van der Waals surface area contributed by atoms with Crippen LogP contribution in [0.15, 0.2) is 225 Å². The molecule has 1 aromatic heterocycles. The van der Waals surface area contributed by atoms with E-state index < -0.39 is 12.3 Å². The lowest BCUT2D eigenvalue weighted by Gasteiger charge is -2.41. The summed E-state index contributed by atoms with van der Waals surface area (Å²) in [5.41, 5.74) is 21.0. The summed E-state index contributed by atoms with van der Waals surface area (Å²) in [7, 11) is 0. The number of para-hydroxylation sites is 2. The zero-order chi connectivity index (χ0) is 47.5. The average Bonchev–Trinajstić information content (AvgIpc) is 4.03. The van der Waals surface area contributed by atoms with Gasteiger partial charge >= 0.3 is 0 Å². The SMILES string of the molecule is [2H]C([2H])([2H])c1cc2c3c(c1)N(c1ccccc1)c1c(sc4c1-c1ccccc1C41c4ccccc4-c4ccccc41)B3C(/C=C\C(=C)c1cc(C(C)C)ccc1-c1ccccc1)=CN2c1ccccc1. The molecule has 0 N–H and O–H groups in total. The summed E-state index contributed by atoms with van der Waals surface area (Å²) < 4.78 is 28.1. The number of anilines is 5. The highest BCUT2D eigenvalue weighted by Crippen LogP contribution is 2.67. The zero-order valence-corrected chi connectivity index (χ0v) is 38.2. The van der Waals surface area contributed by atoms with E-state index in [4.69, 9.17) is 10.7 Å². The van der Waals surface area contributed by atoms with E-state index in [1.165, 1.54) is 54.2 Å². The van der Waals surface area contributed by atoms with Crippen molar-refractivity contribution in [2.45, 2.75) is 32.0 Å². The van der Waals surface area contributed by atoms with Gasteiger partial charge in [-0.05, 0) is 121 Å². The van der Waals surface area contributed by atoms with Gasteiger partial charge in [-0.25, -0.2) is 0 Å². The molecule has 1 spiro atoms. The Morgan fingerprint density at radius 2 is 1.22 bits per heavy atom. The molecule has 0 amide bonds. The van der Waals surface area contributed by atoms with E-state index in [9.17, 15) is 0 Å². The summed E-state index contributed by atoms with van der Waals surface area (Å²) in [6.45, 7) is 6.64. The molecule has 0 saturated carbocycles. The van der Waals surface area contributed by atoms with Crippen molar-refractivity contribution in [3.05, 3.63) is 263 Å². The van der Waals surface area contributed by atoms with Crippen LogP contribution in [0.1, 0.15) is 62.1 Å². The van der Waals surface area contributed by atoms with E-state index in [2.05, 4.69) is 206 Å². The molecule has 2 aliphatic heterocycles. The molecule has 2 nitrogen and oxygen atoms in total. The molecule has 0 saturated heterocycles. The lowest BCUT2D eigenvalue weighted by Crippen LogP contribution is -2.53. The first-order valence-electron chi connectivity index (χ1n) is 24.8. The summed E-state index contributed by atoms with van der Waals surface area (Å²) in [4.78, 5) is 5.88. The molecule has 0 atom stereocenters. The summed E-state index contributed by atoms with van der Waals surface area (Å²) in [5.74, 6) is 0.344. The number of hydrogen-bond acceptors (Lipinski definition) is 3. The van der Waals surface area contributed by atoms with Crippen molar-refractivity contribution in [1.29, 1.82) is 0 Å². The molecule has 0 radical (unpaired) electrons. The number of thiophene rings is 1. The second kappa shape index (κ2) is 15.2. The maximum atomic E-state index is 8.97. The van der Waals surface area contributed by atoms with Crippen LogP contribution < -0.4 is 20.0 Å². The van der Waals surface area contributed by atoms with E-state index in [0.717, 1.165) is 61.6 Å². The first-order valence-corrected chi connectivity index (χ1v) is 24.1. The van der Waals surface area contributed by atoms with Crippen LogP contribution >= 0.6 is 11.3 Å². The van der Waals surface area contributed by atoms with E-state index >= 15 is 0 Å². The van der Waals surface area contributed by atoms with E-state index in [1.807, 2.05) is 41.7 Å². The van der Waals surface area contributed by atoms with Crippen LogP contribution in [0.25, 0.3) is 39.0 Å². The Balaban J connectivity index is 1.11. The summed E-state index contributed by atoms with van der Waals surface area (Å²) in [6.07, 6.45) is 6.73. The van der Waals surface area contributed by atoms with Gasteiger partial charge in [-0.3, -0.25) is 0 Å². The predicted octanol–water partition coefficient (Wildman–Crippen LogP) is 15.4. The molecule has 9 aromatic rings. The number of nitrogens with zero attached hydrogens (tertiary/aromatic N) is 2. The average molecular weight is 878 g/mol. The molecular formula is C63H47BN2S. The Bertz CT molecular complexity index is 3620. The van der Waals surface area contributed by atoms with E-state index in [0.29, 0.717) is 11.5 Å². The Labute approximate surface area is 402 Å². The van der Waals surface area contributed by atoms with Crippen molar-refractivity contribution in [3.8, 4) is 33.4 Å². The summed E-state index contributed by atoms with van der Waals surface area (Å²) in [5, 5.41) is 0. The topological polar surface area (TPSA) is 6.48 Å². The molecule has 4 aliphatic rings. The molecule has 0 bridgehead atoms. The Kier molecular flexibility index (Phi) is 8.29. The van der Waals surface area contributed by atoms with Gasteiger partial charge in [0, 0.05) is 48.3 Å². The van der Waals surface area contributed by atoms with Gasteiger partial charge in [0.2, 0.25) is 0 Å². The van der Waals surface area contributed by atoms with Crippen LogP contribution in [0.2, 0.25) is 0 Å². The minimum atomic E-state index is -2.38. The lowest BCUT2D eigenvalue weighted by atomic mass is 9.36. The van der Waals surface area contributed by atoms with Crippen molar-refractivity contribution >= 4 is 62.3 Å². The number of aryl methyl sites for hydroxylation is 1. The molecular weight excluding hydrogens is 828 g/mol. The van der Waals surface area contributed by atoms with Crippen molar-refractivity contribution in [2.24, 2.45) is 0 Å². The molecule has 13 rings (SSSR count). The number of hydrogen-bond donors (Lipinski definition) is 0. The van der Waals surface area contributed by atoms with Crippen LogP contribution in [0.4, 0.5) is 28.4 Å². The maximum Gasteiger partial charge on any atom is 0.263 e. The van der Waals surface area contributed by atoms with Gasteiger partial charge in [0.1, 0.15) is 0 Å². The Hall–Kier alpha value is -7.66. The Morgan fingerprint density at radius 1 is 0.642 bits per heavy atom. The molecule has 0 fully saturated rings. The monoisotopic (exact) mass is 877 g/mol. The quantitative estimate of drug-likeness (QED) is 0.116. The second-order valence-corrected chi connectivity index (χ2v) is 19.5. The Morgan fingerprint density at radius 3 is 1.88 bits per heavy atom. The van der Waals surface area contributed by atoms with Gasteiger partial charge in [-0.2, -0.15) is 0 Å². The van der Waals surface area contributed by atoms with Gasteiger partial charge in [-0.15, -0.1) is 11.3 Å². The zero-order valence-electron chi connectivity index (χ0n) is 40.4. The first-order chi connectivity index (χ1) is 34.1. The summed E-state index contributed by atoms with van der Waals surface area (Å²) >= 11 is 1.92. The third-order valence-corrected chi connectivity index (χ3v) is 15.9. The fraction of sp³-hybridized carbons (Fsp3) is 0.0794. The molecule has 3 heterocycles. The van der Waals surface area contributed by atoms with Gasteiger partial charge in [0.05, 0.1) is 11.1 Å². The van der Waals surface area contributed by atoms with Gasteiger partial charge in [0.15, 0.2) is 0 Å². The number of benzene rings is 8. The van der Waals surface area contributed by atoms with E-state index in [1.54, 1.807) is 0 Å². The van der Waals surface area contributed by atoms with Gasteiger partial charge in [-0.1, -0.05) is 196 Å². The number of rotatable bonds is 7. The van der Waals surface area contributed by atoms with Crippen molar-refractivity contribution in [3.63, 3.8) is 0 Å². The number of fused-ring (bicyclic) bond motifs is 13.